The summed E-state index contributed by atoms with van der Waals surface area (Å²) >= 11 is 0. The van der Waals surface area contributed by atoms with Crippen molar-refractivity contribution in [1.29, 1.82) is 0 Å². The van der Waals surface area contributed by atoms with Crippen LogP contribution in [0.3, 0.4) is 0 Å². The molecule has 0 aromatic rings. The second-order valence-corrected chi connectivity index (χ2v) is 3.10. The Hall–Kier alpha value is -1.11. The van der Waals surface area contributed by atoms with Crippen molar-refractivity contribution in [1.82, 2.24) is 0 Å². The molecule has 0 heterocycles. The van der Waals surface area contributed by atoms with Crippen molar-refractivity contribution in [2.45, 2.75) is 13.3 Å². The number of ketones is 2. The number of Topliss-reactive ketones (excluding diaryl/α,β-unsaturated/α-hetero) is 2. The molecule has 0 aliphatic carbocycles. The molecule has 0 aliphatic rings. The monoisotopic (exact) mass is 586 g/mol. The van der Waals surface area contributed by atoms with Crippen molar-refractivity contribution in [3.8, 4) is 0 Å². The number of aliphatic hydroxyl groups is 2. The zero-order valence-corrected chi connectivity index (χ0v) is 22.3. The average Bonchev–Trinajstić information content (AvgIpc) is 2.73. The summed E-state index contributed by atoms with van der Waals surface area (Å²) < 4.78 is 11.7. The van der Waals surface area contributed by atoms with Crippen LogP contribution >= 0.6 is 0 Å². The molecule has 0 aliphatic heterocycles. The maximum atomic E-state index is 10.2. The van der Waals surface area contributed by atoms with Gasteiger partial charge in [0.05, 0.1) is 14.2 Å². The first-order chi connectivity index (χ1) is 13.2. The first-order valence-electron chi connectivity index (χ1n) is 6.52. The SMILES string of the molecule is COC(=O)C(=O)CO.COC(=O)C(=O)C[C-]=O.CO[C-]=O.C[C-]=O.O=[C-]CO.[Y].[Y]. The average molecular weight is 586 g/mol. The van der Waals surface area contributed by atoms with Crippen LogP contribution in [0, 0.1) is 0 Å². The van der Waals surface area contributed by atoms with Crippen LogP contribution in [-0.4, -0.2) is 93.6 Å². The maximum absolute atomic E-state index is 10.2. The molecule has 0 atom stereocenters. The van der Waals surface area contributed by atoms with Crippen LogP contribution in [0.5, 0.6) is 0 Å². The molecule has 0 fully saturated rings. The molecule has 0 bridgehead atoms. The summed E-state index contributed by atoms with van der Waals surface area (Å²) in [7, 11) is 3.41. The quantitative estimate of drug-likeness (QED) is 0.0996. The summed E-state index contributed by atoms with van der Waals surface area (Å²) in [5.41, 5.74) is 0. The summed E-state index contributed by atoms with van der Waals surface area (Å²) in [6.45, 7) is 1.23. The molecule has 0 spiro atoms. The zero-order chi connectivity index (χ0) is 23.4. The Morgan fingerprint density at radius 3 is 1.20 bits per heavy atom. The Kier molecular flexibility index (Phi) is 72.2. The molecule has 0 saturated carbocycles. The van der Waals surface area contributed by atoms with Crippen molar-refractivity contribution in [3.05, 3.63) is 0 Å². The minimum Gasteiger partial charge on any atom is -0.655 e. The van der Waals surface area contributed by atoms with Gasteiger partial charge >= 0.3 is 11.9 Å². The van der Waals surface area contributed by atoms with Gasteiger partial charge in [-0.05, 0) is 0 Å². The molecule has 0 saturated heterocycles. The van der Waals surface area contributed by atoms with E-state index in [-0.39, 0.29) is 65.4 Å². The number of esters is 2. The van der Waals surface area contributed by atoms with E-state index in [1.54, 1.807) is 0 Å². The van der Waals surface area contributed by atoms with Crippen molar-refractivity contribution >= 4 is 48.8 Å². The molecule has 2 N–H and O–H groups in total. The van der Waals surface area contributed by atoms with Crippen LogP contribution in [0.15, 0.2) is 0 Å². The molecule has 2 radical (unpaired) electrons. The van der Waals surface area contributed by atoms with Gasteiger partial charge in [0, 0.05) is 72.5 Å². The molecule has 0 aromatic heterocycles. The number of hydrogen-bond donors (Lipinski definition) is 2. The molecular weight excluding hydrogens is 566 g/mol. The second kappa shape index (κ2) is 46.2. The molecule has 30 heavy (non-hydrogen) atoms. The van der Waals surface area contributed by atoms with Crippen LogP contribution in [0.2, 0.25) is 0 Å². The third-order valence-corrected chi connectivity index (χ3v) is 1.35. The maximum Gasteiger partial charge on any atom is 0.376 e. The molecular formula is C15H20O13Y2-4. The Morgan fingerprint density at radius 2 is 1.07 bits per heavy atom. The van der Waals surface area contributed by atoms with Gasteiger partial charge in [0.2, 0.25) is 5.78 Å². The zero-order valence-electron chi connectivity index (χ0n) is 16.7. The molecule has 0 unspecified atom stereocenters. The summed E-state index contributed by atoms with van der Waals surface area (Å²) in [6.07, 6.45) is 3.50. The second-order valence-electron chi connectivity index (χ2n) is 3.10. The van der Waals surface area contributed by atoms with E-state index in [1.165, 1.54) is 39.4 Å². The van der Waals surface area contributed by atoms with Crippen LogP contribution in [0.1, 0.15) is 13.3 Å². The number of methoxy groups -OCH3 is 3. The fourth-order valence-electron chi connectivity index (χ4n) is 0.430. The Labute approximate surface area is 223 Å². The van der Waals surface area contributed by atoms with Gasteiger partial charge in [-0.15, -0.1) is 0 Å². The van der Waals surface area contributed by atoms with Gasteiger partial charge in [-0.25, -0.2) is 15.9 Å². The number of carbonyl (C=O) groups is 4. The number of ether oxygens (including phenoxy) is 3. The number of aliphatic hydroxyl groups excluding tert-OH is 2. The number of rotatable bonds is 7. The Morgan fingerprint density at radius 1 is 0.767 bits per heavy atom. The van der Waals surface area contributed by atoms with E-state index in [0.29, 0.717) is 0 Å². The topological polar surface area (TPSA) is 205 Å². The van der Waals surface area contributed by atoms with E-state index in [9.17, 15) is 24.0 Å². The molecule has 13 nitrogen and oxygen atoms in total. The predicted molar refractivity (Wildman–Crippen MR) is 88.3 cm³/mol. The smallest absolute Gasteiger partial charge is 0.376 e. The largest absolute Gasteiger partial charge is 0.655 e. The summed E-state index contributed by atoms with van der Waals surface area (Å²) in [4.78, 5) is 76.2. The molecule has 0 aromatic carbocycles. The Balaban J connectivity index is -0.0000000462. The minimum absolute atomic E-state index is 0. The summed E-state index contributed by atoms with van der Waals surface area (Å²) in [5.74, 6) is -3.80. The van der Waals surface area contributed by atoms with Gasteiger partial charge < -0.3 is 43.6 Å². The van der Waals surface area contributed by atoms with Crippen LogP contribution in [0.25, 0.3) is 0 Å². The van der Waals surface area contributed by atoms with Gasteiger partial charge in [-0.2, -0.15) is 6.92 Å². The van der Waals surface area contributed by atoms with E-state index < -0.39 is 43.1 Å². The standard InChI is InChI=1S/C5H5O4.C4H6O4.2C2H3O2.C2H3O.2Y/c1-9-5(8)4(7)2-3-6;1-8-4(7)3(6)2-5;1-4-2-3;3-1-2-4;1-2-3;;/h2H2,1H3;5H,2H2,1H3;1H3;3H,1H2;1H3;;/q-1;;3*-1;;. The van der Waals surface area contributed by atoms with Gasteiger partial charge in [0.25, 0.3) is 5.78 Å². The fourth-order valence-corrected chi connectivity index (χ4v) is 0.430. The van der Waals surface area contributed by atoms with E-state index in [2.05, 4.69) is 14.2 Å². The number of carbonyl (C=O) groups excluding carboxylic acids is 8. The third kappa shape index (κ3) is 56.3. The van der Waals surface area contributed by atoms with Crippen LogP contribution in [0.4, 0.5) is 0 Å². The normalized spacial score (nSPS) is 6.60. The van der Waals surface area contributed by atoms with Crippen LogP contribution < -0.4 is 0 Å². The minimum atomic E-state index is -1.01. The fraction of sp³-hybridized carbons (Fsp3) is 0.467. The van der Waals surface area contributed by atoms with Gasteiger partial charge in [-0.1, -0.05) is 19.5 Å². The van der Waals surface area contributed by atoms with Gasteiger partial charge in [0.15, 0.2) is 0 Å². The van der Waals surface area contributed by atoms with Crippen LogP contribution in [-0.2, 0) is 118 Å². The Bertz CT molecular complexity index is 445. The summed E-state index contributed by atoms with van der Waals surface area (Å²) in [5, 5.41) is 15.4. The van der Waals surface area contributed by atoms with E-state index in [4.69, 9.17) is 24.6 Å². The molecule has 15 heteroatoms. The van der Waals surface area contributed by atoms with Crippen molar-refractivity contribution in [2.24, 2.45) is 0 Å². The number of hydrogen-bond acceptors (Lipinski definition) is 13. The summed E-state index contributed by atoms with van der Waals surface area (Å²) in [6, 6.07) is 0. The van der Waals surface area contributed by atoms with Gasteiger partial charge in [0.1, 0.15) is 6.61 Å². The van der Waals surface area contributed by atoms with E-state index in [1.807, 2.05) is 0 Å². The molecule has 0 amide bonds. The van der Waals surface area contributed by atoms with Crippen molar-refractivity contribution in [3.63, 3.8) is 0 Å². The third-order valence-electron chi connectivity index (χ3n) is 1.35. The van der Waals surface area contributed by atoms with Gasteiger partial charge in [-0.3, -0.25) is 22.2 Å². The molecule has 0 rings (SSSR count). The first-order valence-corrected chi connectivity index (χ1v) is 6.52. The molecule has 168 valence electrons. The first kappa shape index (κ1) is 46.9. The van der Waals surface area contributed by atoms with E-state index >= 15 is 0 Å². The predicted octanol–water partition coefficient (Wildman–Crippen LogP) is -3.15. The van der Waals surface area contributed by atoms with Crippen molar-refractivity contribution in [2.75, 3.05) is 34.5 Å². The van der Waals surface area contributed by atoms with E-state index in [0.717, 1.165) is 14.2 Å². The van der Waals surface area contributed by atoms with Crippen molar-refractivity contribution < 1.29 is 128 Å².